The summed E-state index contributed by atoms with van der Waals surface area (Å²) in [6, 6.07) is 6.84. The zero-order chi connectivity index (χ0) is 21.0. The molecule has 154 valence electrons. The smallest absolute Gasteiger partial charge is 0.350 e. The number of carbonyl (C=O) groups excluding carboxylic acids is 3. The number of hydrogen-bond donors (Lipinski definition) is 2. The maximum absolute atomic E-state index is 12.6. The lowest BCUT2D eigenvalue weighted by Crippen LogP contribution is -2.30. The minimum absolute atomic E-state index is 0.0635. The van der Waals surface area contributed by atoms with Crippen molar-refractivity contribution in [1.29, 1.82) is 0 Å². The van der Waals surface area contributed by atoms with Crippen LogP contribution < -0.4 is 5.32 Å². The van der Waals surface area contributed by atoms with Crippen molar-refractivity contribution in [3.63, 3.8) is 0 Å². The van der Waals surface area contributed by atoms with Gasteiger partial charge in [0.1, 0.15) is 10.6 Å². The van der Waals surface area contributed by atoms with E-state index in [1.807, 2.05) is 12.1 Å². The average molecular weight is 417 g/mol. The Kier molecular flexibility index (Phi) is 6.48. The number of thiazole rings is 1. The molecule has 2 N–H and O–H groups in total. The third-order valence-electron chi connectivity index (χ3n) is 4.68. The summed E-state index contributed by atoms with van der Waals surface area (Å²) in [4.78, 5) is 43.0. The first-order valence-corrected chi connectivity index (χ1v) is 10.2. The number of aromatic nitrogens is 1. The molecule has 0 bridgehead atoms. The van der Waals surface area contributed by atoms with Crippen LogP contribution in [0.4, 0.5) is 5.13 Å². The van der Waals surface area contributed by atoms with Crippen molar-refractivity contribution in [1.82, 2.24) is 9.88 Å². The molecule has 1 aliphatic rings. The summed E-state index contributed by atoms with van der Waals surface area (Å²) in [5, 5.41) is 12.4. The molecule has 2 heterocycles. The number of carbonyl (C=O) groups is 3. The van der Waals surface area contributed by atoms with Crippen molar-refractivity contribution in [3.05, 3.63) is 40.4 Å². The fourth-order valence-corrected chi connectivity index (χ4v) is 4.00. The van der Waals surface area contributed by atoms with E-state index in [1.165, 1.54) is 0 Å². The fourth-order valence-electron chi connectivity index (χ4n) is 3.13. The second kappa shape index (κ2) is 9.04. The summed E-state index contributed by atoms with van der Waals surface area (Å²) in [6.45, 7) is 4.53. The molecule has 0 unspecified atom stereocenters. The SMILES string of the molecule is CCOC(=O)c1sc(NC(=O)[C@@H]2CC(=O)N(CCc3ccc(O)cc3)C2)nc1C. The molecule has 0 spiro atoms. The van der Waals surface area contributed by atoms with Gasteiger partial charge in [-0.15, -0.1) is 0 Å². The maximum Gasteiger partial charge on any atom is 0.350 e. The lowest BCUT2D eigenvalue weighted by molar-refractivity contribution is -0.128. The van der Waals surface area contributed by atoms with Crippen molar-refractivity contribution in [2.45, 2.75) is 26.7 Å². The van der Waals surface area contributed by atoms with Gasteiger partial charge in [-0.2, -0.15) is 0 Å². The van der Waals surface area contributed by atoms with Crippen molar-refractivity contribution in [2.24, 2.45) is 5.92 Å². The molecule has 8 nitrogen and oxygen atoms in total. The maximum atomic E-state index is 12.6. The van der Waals surface area contributed by atoms with Crippen LogP contribution >= 0.6 is 11.3 Å². The van der Waals surface area contributed by atoms with Crippen LogP contribution in [0.1, 0.15) is 34.3 Å². The minimum atomic E-state index is -0.461. The first kappa shape index (κ1) is 20.8. The number of hydrogen-bond acceptors (Lipinski definition) is 7. The van der Waals surface area contributed by atoms with Gasteiger partial charge in [0.2, 0.25) is 11.8 Å². The summed E-state index contributed by atoms with van der Waals surface area (Å²) in [7, 11) is 0. The molecule has 1 aliphatic heterocycles. The molecule has 1 atom stereocenters. The van der Waals surface area contributed by atoms with E-state index < -0.39 is 11.9 Å². The fraction of sp³-hybridized carbons (Fsp3) is 0.400. The Labute approximate surface area is 172 Å². The summed E-state index contributed by atoms with van der Waals surface area (Å²) in [6.07, 6.45) is 0.797. The predicted octanol–water partition coefficient (Wildman–Crippen LogP) is 2.36. The topological polar surface area (TPSA) is 109 Å². The van der Waals surface area contributed by atoms with Gasteiger partial charge in [0, 0.05) is 19.5 Å². The number of nitrogens with zero attached hydrogens (tertiary/aromatic N) is 2. The molecule has 0 saturated carbocycles. The van der Waals surface area contributed by atoms with Crippen LogP contribution in [-0.4, -0.2) is 52.5 Å². The first-order chi connectivity index (χ1) is 13.9. The van der Waals surface area contributed by atoms with Gasteiger partial charge in [0.25, 0.3) is 0 Å². The number of esters is 1. The highest BCUT2D eigenvalue weighted by molar-refractivity contribution is 7.17. The molecule has 2 aromatic rings. The van der Waals surface area contributed by atoms with Gasteiger partial charge in [0.05, 0.1) is 18.2 Å². The highest BCUT2D eigenvalue weighted by atomic mass is 32.1. The Hall–Kier alpha value is -2.94. The van der Waals surface area contributed by atoms with E-state index in [4.69, 9.17) is 4.74 Å². The van der Waals surface area contributed by atoms with Gasteiger partial charge < -0.3 is 20.1 Å². The number of aryl methyl sites for hydroxylation is 1. The van der Waals surface area contributed by atoms with Gasteiger partial charge in [-0.25, -0.2) is 9.78 Å². The van der Waals surface area contributed by atoms with Crippen LogP contribution in [0.15, 0.2) is 24.3 Å². The van der Waals surface area contributed by atoms with Crippen molar-refractivity contribution in [3.8, 4) is 5.75 Å². The average Bonchev–Trinajstić information content (AvgIpc) is 3.24. The van der Waals surface area contributed by atoms with Gasteiger partial charge in [-0.3, -0.25) is 9.59 Å². The molecule has 9 heteroatoms. The van der Waals surface area contributed by atoms with Gasteiger partial charge in [-0.05, 0) is 38.0 Å². The van der Waals surface area contributed by atoms with Crippen LogP contribution in [0.5, 0.6) is 5.75 Å². The summed E-state index contributed by atoms with van der Waals surface area (Å²) < 4.78 is 4.98. The number of nitrogens with one attached hydrogen (secondary N) is 1. The number of rotatable bonds is 7. The van der Waals surface area contributed by atoms with E-state index in [9.17, 15) is 19.5 Å². The molecule has 1 aromatic heterocycles. The van der Waals surface area contributed by atoms with E-state index in [0.717, 1.165) is 16.9 Å². The second-order valence-electron chi connectivity index (χ2n) is 6.80. The minimum Gasteiger partial charge on any atom is -0.508 e. The Morgan fingerprint density at radius 3 is 2.76 bits per heavy atom. The zero-order valence-electron chi connectivity index (χ0n) is 16.3. The Bertz CT molecular complexity index is 909. The normalized spacial score (nSPS) is 16.1. The van der Waals surface area contributed by atoms with Gasteiger partial charge in [-0.1, -0.05) is 23.5 Å². The van der Waals surface area contributed by atoms with Crippen molar-refractivity contribution >= 4 is 34.3 Å². The van der Waals surface area contributed by atoms with Crippen molar-refractivity contribution < 1.29 is 24.2 Å². The number of likely N-dealkylation sites (tertiary alicyclic amines) is 1. The molecule has 0 aliphatic carbocycles. The van der Waals surface area contributed by atoms with Crippen LogP contribution in [0, 0.1) is 12.8 Å². The summed E-state index contributed by atoms with van der Waals surface area (Å²) in [5.41, 5.74) is 1.51. The Balaban J connectivity index is 1.55. The standard InChI is InChI=1S/C20H23N3O5S/c1-3-28-19(27)17-12(2)21-20(29-17)22-18(26)14-10-16(25)23(11-14)9-8-13-4-6-15(24)7-5-13/h4-7,14,24H,3,8-11H2,1-2H3,(H,21,22,26)/t14-/m1/s1. The third kappa shape index (κ3) is 5.11. The lowest BCUT2D eigenvalue weighted by atomic mass is 10.1. The molecule has 3 rings (SSSR count). The number of amides is 2. The number of benzene rings is 1. The Morgan fingerprint density at radius 2 is 2.07 bits per heavy atom. The molecule has 1 fully saturated rings. The van der Waals surface area contributed by atoms with E-state index in [0.29, 0.717) is 35.2 Å². The summed E-state index contributed by atoms with van der Waals surface area (Å²) in [5.74, 6) is -1.07. The molecule has 0 radical (unpaired) electrons. The molecular weight excluding hydrogens is 394 g/mol. The second-order valence-corrected chi connectivity index (χ2v) is 7.80. The van der Waals surface area contributed by atoms with Gasteiger partial charge in [0.15, 0.2) is 5.13 Å². The quantitative estimate of drug-likeness (QED) is 0.670. The molecule has 1 aromatic carbocycles. The molecule has 29 heavy (non-hydrogen) atoms. The predicted molar refractivity (Wildman–Crippen MR) is 108 cm³/mol. The third-order valence-corrected chi connectivity index (χ3v) is 5.73. The number of phenols is 1. The first-order valence-electron chi connectivity index (χ1n) is 9.38. The molecule has 2 amide bonds. The van der Waals surface area contributed by atoms with Crippen molar-refractivity contribution in [2.75, 3.05) is 25.0 Å². The largest absolute Gasteiger partial charge is 0.508 e. The molecule has 1 saturated heterocycles. The van der Waals surface area contributed by atoms with Gasteiger partial charge >= 0.3 is 5.97 Å². The molecular formula is C20H23N3O5S. The number of anilines is 1. The van der Waals surface area contributed by atoms with E-state index in [-0.39, 0.29) is 30.6 Å². The van der Waals surface area contributed by atoms with Crippen LogP contribution in [0.2, 0.25) is 0 Å². The number of ether oxygens (including phenoxy) is 1. The van der Waals surface area contributed by atoms with Crippen LogP contribution in [0.25, 0.3) is 0 Å². The highest BCUT2D eigenvalue weighted by Crippen LogP contribution is 2.26. The van der Waals surface area contributed by atoms with E-state index in [1.54, 1.807) is 30.9 Å². The van der Waals surface area contributed by atoms with Crippen LogP contribution in [-0.2, 0) is 20.7 Å². The van der Waals surface area contributed by atoms with Crippen LogP contribution in [0.3, 0.4) is 0 Å². The number of aromatic hydroxyl groups is 1. The Morgan fingerprint density at radius 1 is 1.34 bits per heavy atom. The van der Waals surface area contributed by atoms with E-state index >= 15 is 0 Å². The van der Waals surface area contributed by atoms with E-state index in [2.05, 4.69) is 10.3 Å². The zero-order valence-corrected chi connectivity index (χ0v) is 17.1. The number of phenolic OH excluding ortho intramolecular Hbond substituents is 1. The monoisotopic (exact) mass is 417 g/mol. The highest BCUT2D eigenvalue weighted by Gasteiger charge is 2.34. The summed E-state index contributed by atoms with van der Waals surface area (Å²) >= 11 is 1.07. The lowest BCUT2D eigenvalue weighted by Gasteiger charge is -2.16.